The normalized spacial score (nSPS) is 32.2. The van der Waals surface area contributed by atoms with Crippen LogP contribution in [0.3, 0.4) is 0 Å². The molecule has 0 saturated carbocycles. The second-order valence-electron chi connectivity index (χ2n) is 11.4. The number of carbonyl (C=O) groups excluding carboxylic acids is 5. The first-order valence-electron chi connectivity index (χ1n) is 15.0. The molecule has 0 radical (unpaired) electrons. The number of hydrogen-bond donors (Lipinski definition) is 11. The Labute approximate surface area is 274 Å². The molecule has 0 bridgehead atoms. The van der Waals surface area contributed by atoms with Crippen LogP contribution in [0.4, 0.5) is 0 Å². The van der Waals surface area contributed by atoms with Gasteiger partial charge in [-0.25, -0.2) is 0 Å². The number of nitrogens with two attached hydrogens (primary N) is 1. The van der Waals surface area contributed by atoms with Crippen LogP contribution in [-0.4, -0.2) is 159 Å². The zero-order valence-electron chi connectivity index (χ0n) is 26.7. The number of aliphatic hydroxyl groups excluding tert-OH is 5. The molecule has 12 N–H and O–H groups in total. The van der Waals surface area contributed by atoms with Crippen LogP contribution < -0.4 is 27.0 Å². The van der Waals surface area contributed by atoms with Crippen molar-refractivity contribution in [1.29, 1.82) is 0 Å². The Kier molecular flexibility index (Phi) is 15.5. The predicted molar refractivity (Wildman–Crippen MR) is 156 cm³/mol. The number of aliphatic carboxylic acids is 1. The quantitative estimate of drug-likeness (QED) is 0.0715. The van der Waals surface area contributed by atoms with Gasteiger partial charge in [-0.05, 0) is 20.3 Å². The van der Waals surface area contributed by atoms with Crippen LogP contribution in [0, 0.1) is 0 Å². The van der Waals surface area contributed by atoms with Crippen molar-refractivity contribution < 1.29 is 78.4 Å². The lowest BCUT2D eigenvalue weighted by atomic mass is 9.94. The maximum Gasteiger partial charge on any atom is 0.303 e. The van der Waals surface area contributed by atoms with Gasteiger partial charge >= 0.3 is 5.97 Å². The highest BCUT2D eigenvalue weighted by Crippen LogP contribution is 2.31. The first-order valence-corrected chi connectivity index (χ1v) is 15.0. The third kappa shape index (κ3) is 11.0. The molecule has 2 rings (SSSR count). The van der Waals surface area contributed by atoms with E-state index < -0.39 is 135 Å². The number of carboxylic acids is 1. The average Bonchev–Trinajstić information content (AvgIpc) is 3.00. The van der Waals surface area contributed by atoms with Gasteiger partial charge in [-0.2, -0.15) is 0 Å². The van der Waals surface area contributed by atoms with E-state index in [0.29, 0.717) is 0 Å². The molecular weight excluding hydrogens is 650 g/mol. The summed E-state index contributed by atoms with van der Waals surface area (Å²) < 4.78 is 23.0. The summed E-state index contributed by atoms with van der Waals surface area (Å²) in [5.74, 6) is -5.40. The van der Waals surface area contributed by atoms with E-state index in [2.05, 4.69) is 21.3 Å². The minimum absolute atomic E-state index is 0.302. The van der Waals surface area contributed by atoms with Gasteiger partial charge in [0.1, 0.15) is 66.9 Å². The van der Waals surface area contributed by atoms with Crippen molar-refractivity contribution in [1.82, 2.24) is 21.3 Å². The van der Waals surface area contributed by atoms with E-state index in [1.165, 1.54) is 13.8 Å². The van der Waals surface area contributed by atoms with Crippen molar-refractivity contribution in [2.75, 3.05) is 13.2 Å². The molecule has 0 spiro atoms. The smallest absolute Gasteiger partial charge is 0.303 e. The van der Waals surface area contributed by atoms with Gasteiger partial charge < -0.3 is 76.6 Å². The van der Waals surface area contributed by atoms with Crippen molar-refractivity contribution in [3.63, 3.8) is 0 Å². The predicted octanol–water partition coefficient (Wildman–Crippen LogP) is -6.36. The molecular formula is C27H45N5O16. The monoisotopic (exact) mass is 695 g/mol. The number of rotatable bonds is 16. The fourth-order valence-electron chi connectivity index (χ4n) is 5.07. The van der Waals surface area contributed by atoms with E-state index >= 15 is 0 Å². The largest absolute Gasteiger partial charge is 0.481 e. The Morgan fingerprint density at radius 3 is 1.92 bits per heavy atom. The summed E-state index contributed by atoms with van der Waals surface area (Å²) in [6.45, 7) is 3.07. The van der Waals surface area contributed by atoms with Crippen molar-refractivity contribution in [3.8, 4) is 0 Å². The van der Waals surface area contributed by atoms with Gasteiger partial charge in [0.05, 0.1) is 13.2 Å². The lowest BCUT2D eigenvalue weighted by Gasteiger charge is -2.48. The molecule has 274 valence electrons. The van der Waals surface area contributed by atoms with Crippen LogP contribution in [0.5, 0.6) is 0 Å². The summed E-state index contributed by atoms with van der Waals surface area (Å²) in [6.07, 6.45) is -15.1. The molecule has 2 aliphatic heterocycles. The standard InChI is InChI=1S/C27H45N5O16/c1-9(24(42)32-13(23(28)41)5-6-16(37)38)29-25(43)10(2)45-22-18(31-12(4)36)26(44)46-15(8-34)21(22)48-27-17(30-11(3)35)20(40)19(39)14(7-33)47-27/h9-10,13-15,17-22,26-27,33-34,39-40,44H,5-8H2,1-4H3,(H2,28,41)(H,29,43)(H,30,35)(H,31,36)(H,32,42)(H,37,38)/t9-,10-,13+,14+,15+,17+,18+,19+,20+,21?,22+,26?,27-/m0/s1. The molecule has 0 aliphatic carbocycles. The summed E-state index contributed by atoms with van der Waals surface area (Å²) in [6, 6.07) is -5.57. The van der Waals surface area contributed by atoms with Gasteiger partial charge in [-0.15, -0.1) is 0 Å². The highest BCUT2D eigenvalue weighted by Gasteiger charge is 2.52. The number of hydrogen-bond acceptors (Lipinski definition) is 15. The molecule has 0 aromatic rings. The van der Waals surface area contributed by atoms with Crippen molar-refractivity contribution in [2.45, 2.75) is 120 Å². The van der Waals surface area contributed by atoms with Crippen molar-refractivity contribution in [2.24, 2.45) is 5.73 Å². The van der Waals surface area contributed by atoms with Crippen LogP contribution in [0.15, 0.2) is 0 Å². The summed E-state index contributed by atoms with van der Waals surface area (Å²) in [5, 5.41) is 69.8. The molecule has 2 saturated heterocycles. The molecule has 0 aromatic heterocycles. The number of carbonyl (C=O) groups is 6. The number of nitrogens with one attached hydrogen (secondary N) is 4. The SMILES string of the molecule is CC(=O)N[C@H]1[C@H](OC2[C@@H](CO)OC(O)[C@H](NC(C)=O)[C@H]2O[C@@H](C)C(=O)N[C@@H](C)C(=O)N[C@H](CCC(=O)O)C(N)=O)O[C@H](CO)[C@@H](O)[C@@H]1O. The van der Waals surface area contributed by atoms with Crippen LogP contribution in [0.25, 0.3) is 0 Å². The molecule has 5 amide bonds. The molecule has 2 fully saturated rings. The van der Waals surface area contributed by atoms with Gasteiger partial charge in [0.15, 0.2) is 12.6 Å². The number of ether oxygens (including phenoxy) is 4. The molecule has 2 aliphatic rings. The Morgan fingerprint density at radius 1 is 0.812 bits per heavy atom. The average molecular weight is 696 g/mol. The lowest BCUT2D eigenvalue weighted by molar-refractivity contribution is -0.333. The van der Waals surface area contributed by atoms with Crippen molar-refractivity contribution >= 4 is 35.5 Å². The summed E-state index contributed by atoms with van der Waals surface area (Å²) >= 11 is 0. The third-order valence-electron chi connectivity index (χ3n) is 7.55. The zero-order valence-corrected chi connectivity index (χ0v) is 26.7. The second kappa shape index (κ2) is 18.3. The molecule has 0 aromatic carbocycles. The Bertz CT molecular complexity index is 1160. The number of aliphatic hydroxyl groups is 5. The third-order valence-corrected chi connectivity index (χ3v) is 7.55. The molecule has 2 heterocycles. The van der Waals surface area contributed by atoms with E-state index in [1.54, 1.807) is 0 Å². The first-order chi connectivity index (χ1) is 22.4. The lowest BCUT2D eigenvalue weighted by Crippen LogP contribution is -2.70. The Balaban J connectivity index is 2.34. The highest BCUT2D eigenvalue weighted by molar-refractivity contribution is 5.92. The van der Waals surface area contributed by atoms with Gasteiger partial charge in [0, 0.05) is 20.3 Å². The van der Waals surface area contributed by atoms with Crippen LogP contribution in [-0.2, 0) is 47.7 Å². The Hall–Kier alpha value is -3.54. The Morgan fingerprint density at radius 2 is 1.40 bits per heavy atom. The summed E-state index contributed by atoms with van der Waals surface area (Å²) in [5.41, 5.74) is 5.24. The van der Waals surface area contributed by atoms with Crippen LogP contribution in [0.2, 0.25) is 0 Å². The number of primary amides is 1. The van der Waals surface area contributed by atoms with Gasteiger partial charge in [-0.1, -0.05) is 0 Å². The van der Waals surface area contributed by atoms with E-state index in [9.17, 15) is 54.3 Å². The fraction of sp³-hybridized carbons (Fsp3) is 0.778. The van der Waals surface area contributed by atoms with Crippen LogP contribution >= 0.6 is 0 Å². The molecule has 21 heteroatoms. The summed E-state index contributed by atoms with van der Waals surface area (Å²) in [4.78, 5) is 72.3. The fourth-order valence-corrected chi connectivity index (χ4v) is 5.07. The highest BCUT2D eigenvalue weighted by atomic mass is 16.7. The van der Waals surface area contributed by atoms with E-state index in [0.717, 1.165) is 13.8 Å². The van der Waals surface area contributed by atoms with Crippen molar-refractivity contribution in [3.05, 3.63) is 0 Å². The minimum atomic E-state index is -1.83. The maximum atomic E-state index is 13.1. The van der Waals surface area contributed by atoms with Gasteiger partial charge in [-0.3, -0.25) is 28.8 Å². The first kappa shape index (κ1) is 40.6. The minimum Gasteiger partial charge on any atom is -0.481 e. The summed E-state index contributed by atoms with van der Waals surface area (Å²) in [7, 11) is 0. The number of amides is 5. The second-order valence-corrected chi connectivity index (χ2v) is 11.4. The molecule has 13 atom stereocenters. The van der Waals surface area contributed by atoms with E-state index in [4.69, 9.17) is 29.8 Å². The maximum absolute atomic E-state index is 13.1. The van der Waals surface area contributed by atoms with Gasteiger partial charge in [0.25, 0.3) is 0 Å². The van der Waals surface area contributed by atoms with Crippen LogP contribution in [0.1, 0.15) is 40.5 Å². The molecule has 48 heavy (non-hydrogen) atoms. The molecule has 21 nitrogen and oxygen atoms in total. The number of carboxylic acid groups (broad SMARTS) is 1. The molecule has 2 unspecified atom stereocenters. The topological polar surface area (TPSA) is 335 Å². The van der Waals surface area contributed by atoms with E-state index in [-0.39, 0.29) is 6.42 Å². The van der Waals surface area contributed by atoms with Gasteiger partial charge in [0.2, 0.25) is 29.5 Å². The zero-order chi connectivity index (χ0) is 36.5. The van der Waals surface area contributed by atoms with E-state index in [1.807, 2.05) is 0 Å².